The maximum atomic E-state index is 10.6. The Morgan fingerprint density at radius 2 is 2.32 bits per heavy atom. The average molecular weight is 258 g/mol. The van der Waals surface area contributed by atoms with Gasteiger partial charge in [0.05, 0.1) is 18.2 Å². The van der Waals surface area contributed by atoms with Crippen molar-refractivity contribution in [2.24, 2.45) is 11.1 Å². The highest BCUT2D eigenvalue weighted by molar-refractivity contribution is 5.79. The molecule has 1 fully saturated rings. The van der Waals surface area contributed by atoms with Gasteiger partial charge in [-0.25, -0.2) is 0 Å². The van der Waals surface area contributed by atoms with Crippen LogP contribution < -0.4 is 5.73 Å². The van der Waals surface area contributed by atoms with Crippen LogP contribution in [0, 0.1) is 5.41 Å². The Hall–Kier alpha value is -1.49. The van der Waals surface area contributed by atoms with Crippen molar-refractivity contribution in [3.8, 4) is 0 Å². The van der Waals surface area contributed by atoms with Crippen LogP contribution >= 0.6 is 0 Å². The third-order valence-corrected chi connectivity index (χ3v) is 4.06. The third-order valence-electron chi connectivity index (χ3n) is 4.06. The predicted molar refractivity (Wildman–Crippen MR) is 73.6 cm³/mol. The first kappa shape index (κ1) is 12.5. The first-order valence-electron chi connectivity index (χ1n) is 6.56. The van der Waals surface area contributed by atoms with Crippen molar-refractivity contribution in [2.45, 2.75) is 12.5 Å². The number of fused-ring (bicyclic) bond motifs is 1. The van der Waals surface area contributed by atoms with Crippen LogP contribution in [-0.2, 0) is 4.74 Å². The van der Waals surface area contributed by atoms with E-state index in [-0.39, 0.29) is 5.41 Å². The van der Waals surface area contributed by atoms with Gasteiger partial charge in [0, 0.05) is 30.1 Å². The molecule has 1 aliphatic rings. The molecule has 4 nitrogen and oxygen atoms in total. The number of hydrogen-bond donors (Lipinski definition) is 2. The van der Waals surface area contributed by atoms with Gasteiger partial charge in [-0.3, -0.25) is 4.98 Å². The Balaban J connectivity index is 1.99. The minimum Gasteiger partial charge on any atom is -0.388 e. The fraction of sp³-hybridized carbons (Fsp3) is 0.400. The molecule has 100 valence electrons. The van der Waals surface area contributed by atoms with Gasteiger partial charge in [-0.05, 0) is 30.2 Å². The van der Waals surface area contributed by atoms with Crippen molar-refractivity contribution in [3.63, 3.8) is 0 Å². The van der Waals surface area contributed by atoms with Gasteiger partial charge in [0.25, 0.3) is 0 Å². The number of nitrogens with two attached hydrogens (primary N) is 1. The van der Waals surface area contributed by atoms with E-state index in [4.69, 9.17) is 10.5 Å². The third kappa shape index (κ3) is 2.12. The molecule has 4 heteroatoms. The molecule has 0 aliphatic carbocycles. The second-order valence-corrected chi connectivity index (χ2v) is 5.23. The summed E-state index contributed by atoms with van der Waals surface area (Å²) in [5.74, 6) is 0. The zero-order chi connectivity index (χ0) is 13.3. The second-order valence-electron chi connectivity index (χ2n) is 5.23. The Kier molecular flexibility index (Phi) is 3.22. The molecule has 1 aromatic carbocycles. The molecule has 2 atom stereocenters. The normalized spacial score (nSPS) is 24.7. The number of ether oxygens (including phenoxy) is 1. The summed E-state index contributed by atoms with van der Waals surface area (Å²) in [5, 5.41) is 11.7. The number of benzene rings is 1. The zero-order valence-corrected chi connectivity index (χ0v) is 10.7. The summed E-state index contributed by atoms with van der Waals surface area (Å²) in [4.78, 5) is 4.29. The van der Waals surface area contributed by atoms with Crippen molar-refractivity contribution < 1.29 is 9.84 Å². The molecule has 1 aliphatic heterocycles. The van der Waals surface area contributed by atoms with Gasteiger partial charge in [-0.2, -0.15) is 0 Å². The summed E-state index contributed by atoms with van der Waals surface area (Å²) in [6, 6.07) is 9.75. The van der Waals surface area contributed by atoms with E-state index in [9.17, 15) is 5.11 Å². The van der Waals surface area contributed by atoms with Crippen molar-refractivity contribution in [3.05, 3.63) is 42.1 Å². The summed E-state index contributed by atoms with van der Waals surface area (Å²) < 4.78 is 5.43. The fourth-order valence-electron chi connectivity index (χ4n) is 2.73. The van der Waals surface area contributed by atoms with Crippen LogP contribution in [0.3, 0.4) is 0 Å². The van der Waals surface area contributed by atoms with Crippen molar-refractivity contribution in [2.75, 3.05) is 19.8 Å². The molecule has 2 unspecified atom stereocenters. The highest BCUT2D eigenvalue weighted by Crippen LogP contribution is 2.40. The first-order chi connectivity index (χ1) is 9.25. The zero-order valence-electron chi connectivity index (χ0n) is 10.7. The van der Waals surface area contributed by atoms with Crippen LogP contribution in [0.1, 0.15) is 18.1 Å². The molecule has 2 heterocycles. The van der Waals surface area contributed by atoms with E-state index in [0.717, 1.165) is 22.9 Å². The first-order valence-corrected chi connectivity index (χ1v) is 6.56. The van der Waals surface area contributed by atoms with Crippen molar-refractivity contribution in [1.82, 2.24) is 4.98 Å². The number of aromatic nitrogens is 1. The van der Waals surface area contributed by atoms with Gasteiger partial charge < -0.3 is 15.6 Å². The number of aliphatic hydroxyl groups is 1. The molecule has 1 aromatic heterocycles. The van der Waals surface area contributed by atoms with Crippen LogP contribution in [0.4, 0.5) is 0 Å². The smallest absolute Gasteiger partial charge is 0.0881 e. The number of hydrogen-bond acceptors (Lipinski definition) is 4. The van der Waals surface area contributed by atoms with E-state index in [2.05, 4.69) is 4.98 Å². The SMILES string of the molecule is NCC1(C(O)c2ccc3ncccc3c2)CCOC1. The molecule has 0 amide bonds. The van der Waals surface area contributed by atoms with E-state index in [0.29, 0.717) is 19.8 Å². The van der Waals surface area contributed by atoms with E-state index in [1.165, 1.54) is 0 Å². The number of nitrogens with zero attached hydrogens (tertiary/aromatic N) is 1. The van der Waals surface area contributed by atoms with Crippen molar-refractivity contribution in [1.29, 1.82) is 0 Å². The molecule has 19 heavy (non-hydrogen) atoms. The molecule has 2 aromatic rings. The summed E-state index contributed by atoms with van der Waals surface area (Å²) in [5.41, 5.74) is 7.33. The minimum atomic E-state index is -0.593. The largest absolute Gasteiger partial charge is 0.388 e. The van der Waals surface area contributed by atoms with Gasteiger partial charge in [-0.15, -0.1) is 0 Å². The predicted octanol–water partition coefficient (Wildman–Crippen LogP) is 1.63. The Morgan fingerprint density at radius 1 is 1.42 bits per heavy atom. The topological polar surface area (TPSA) is 68.4 Å². The molecule has 0 spiro atoms. The van der Waals surface area contributed by atoms with Crippen LogP contribution in [0.15, 0.2) is 36.5 Å². The van der Waals surface area contributed by atoms with Gasteiger partial charge in [-0.1, -0.05) is 12.1 Å². The van der Waals surface area contributed by atoms with Crippen molar-refractivity contribution >= 4 is 10.9 Å². The van der Waals surface area contributed by atoms with Gasteiger partial charge in [0.2, 0.25) is 0 Å². The summed E-state index contributed by atoms with van der Waals surface area (Å²) in [6.07, 6.45) is 1.98. The molecule has 0 radical (unpaired) electrons. The highest BCUT2D eigenvalue weighted by Gasteiger charge is 2.41. The summed E-state index contributed by atoms with van der Waals surface area (Å²) in [6.45, 7) is 1.62. The van der Waals surface area contributed by atoms with E-state index in [1.807, 2.05) is 30.3 Å². The lowest BCUT2D eigenvalue weighted by molar-refractivity contribution is 0.0191. The Morgan fingerprint density at radius 3 is 3.05 bits per heavy atom. The highest BCUT2D eigenvalue weighted by atomic mass is 16.5. The quantitative estimate of drug-likeness (QED) is 0.878. The summed E-state index contributed by atoms with van der Waals surface area (Å²) >= 11 is 0. The molecular weight excluding hydrogens is 240 g/mol. The Labute approximate surface area is 112 Å². The van der Waals surface area contributed by atoms with Crippen LogP contribution in [-0.4, -0.2) is 29.8 Å². The maximum absolute atomic E-state index is 10.6. The van der Waals surface area contributed by atoms with E-state index < -0.39 is 6.10 Å². The number of pyridine rings is 1. The summed E-state index contributed by atoms with van der Waals surface area (Å²) in [7, 11) is 0. The molecular formula is C15H18N2O2. The molecule has 0 saturated carbocycles. The second kappa shape index (κ2) is 4.89. The van der Waals surface area contributed by atoms with Gasteiger partial charge in [0.1, 0.15) is 0 Å². The molecule has 0 bridgehead atoms. The van der Waals surface area contributed by atoms with Gasteiger partial charge in [0.15, 0.2) is 0 Å². The lowest BCUT2D eigenvalue weighted by Crippen LogP contribution is -2.37. The Bertz CT molecular complexity index is 579. The molecule has 3 N–H and O–H groups in total. The van der Waals surface area contributed by atoms with Crippen LogP contribution in [0.5, 0.6) is 0 Å². The lowest BCUT2D eigenvalue weighted by atomic mass is 9.78. The minimum absolute atomic E-state index is 0.351. The maximum Gasteiger partial charge on any atom is 0.0881 e. The monoisotopic (exact) mass is 258 g/mol. The van der Waals surface area contributed by atoms with Crippen LogP contribution in [0.2, 0.25) is 0 Å². The fourth-order valence-corrected chi connectivity index (χ4v) is 2.73. The molecule has 3 rings (SSSR count). The number of rotatable bonds is 3. The number of aliphatic hydroxyl groups excluding tert-OH is 1. The lowest BCUT2D eigenvalue weighted by Gasteiger charge is -2.31. The average Bonchev–Trinajstić information content (AvgIpc) is 2.96. The van der Waals surface area contributed by atoms with E-state index in [1.54, 1.807) is 6.20 Å². The molecule has 1 saturated heterocycles. The van der Waals surface area contributed by atoms with Crippen LogP contribution in [0.25, 0.3) is 10.9 Å². The van der Waals surface area contributed by atoms with Gasteiger partial charge >= 0.3 is 0 Å². The standard InChI is InChI=1S/C15H18N2O2/c16-9-15(5-7-19-10-15)14(18)12-3-4-13-11(8-12)2-1-6-17-13/h1-4,6,8,14,18H,5,7,9-10,16H2. The van der Waals surface area contributed by atoms with E-state index >= 15 is 0 Å².